The molecule has 0 radical (unpaired) electrons. The summed E-state index contributed by atoms with van der Waals surface area (Å²) in [4.78, 5) is 0. The average Bonchev–Trinajstić information content (AvgIpc) is 2.10. The Balaban J connectivity index is 2.94. The van der Waals surface area contributed by atoms with Crippen molar-refractivity contribution in [2.45, 2.75) is 13.3 Å². The molecule has 0 saturated heterocycles. The Labute approximate surface area is 94.5 Å². The summed E-state index contributed by atoms with van der Waals surface area (Å²) in [6, 6.07) is 4.66. The third kappa shape index (κ3) is 3.60. The molecule has 15 heavy (non-hydrogen) atoms. The third-order valence-electron chi connectivity index (χ3n) is 1.73. The summed E-state index contributed by atoms with van der Waals surface area (Å²) in [7, 11) is -3.31. The van der Waals surface area contributed by atoms with Gasteiger partial charge >= 0.3 is 0 Å². The van der Waals surface area contributed by atoms with Crippen molar-refractivity contribution in [2.75, 3.05) is 16.2 Å². The van der Waals surface area contributed by atoms with Crippen molar-refractivity contribution in [3.8, 4) is 0 Å². The van der Waals surface area contributed by atoms with Gasteiger partial charge in [-0.05, 0) is 24.6 Å². The van der Waals surface area contributed by atoms with Gasteiger partial charge in [-0.15, -0.1) is 0 Å². The molecule has 4 nitrogen and oxygen atoms in total. The van der Waals surface area contributed by atoms with Crippen molar-refractivity contribution in [1.82, 2.24) is 0 Å². The average molecular weight is 249 g/mol. The zero-order chi connectivity index (χ0) is 11.5. The molecule has 84 valence electrons. The SMILES string of the molecule is CCCS(=O)(=O)Nc1cc(N)ccc1Cl. The minimum atomic E-state index is -3.31. The van der Waals surface area contributed by atoms with Gasteiger partial charge in [0.15, 0.2) is 0 Å². The first-order chi connectivity index (χ1) is 6.94. The maximum atomic E-state index is 11.5. The molecule has 0 aliphatic rings. The van der Waals surface area contributed by atoms with Crippen molar-refractivity contribution < 1.29 is 8.42 Å². The Kier molecular flexibility index (Phi) is 3.82. The highest BCUT2D eigenvalue weighted by Crippen LogP contribution is 2.25. The van der Waals surface area contributed by atoms with Crippen molar-refractivity contribution >= 4 is 33.0 Å². The molecule has 1 rings (SSSR count). The molecule has 0 bridgehead atoms. The summed E-state index contributed by atoms with van der Waals surface area (Å²) in [6.45, 7) is 1.79. The number of benzene rings is 1. The molecular weight excluding hydrogens is 236 g/mol. The van der Waals surface area contributed by atoms with Gasteiger partial charge in [0.25, 0.3) is 0 Å². The second kappa shape index (κ2) is 4.72. The maximum Gasteiger partial charge on any atom is 0.232 e. The van der Waals surface area contributed by atoms with Gasteiger partial charge in [-0.3, -0.25) is 4.72 Å². The van der Waals surface area contributed by atoms with Crippen LogP contribution in [0.5, 0.6) is 0 Å². The summed E-state index contributed by atoms with van der Waals surface area (Å²) < 4.78 is 25.3. The van der Waals surface area contributed by atoms with E-state index >= 15 is 0 Å². The summed E-state index contributed by atoms with van der Waals surface area (Å²) in [6.07, 6.45) is 0.551. The Morgan fingerprint density at radius 3 is 2.73 bits per heavy atom. The van der Waals surface area contributed by atoms with E-state index in [0.29, 0.717) is 22.8 Å². The normalized spacial score (nSPS) is 11.3. The molecule has 0 aliphatic carbocycles. The highest BCUT2D eigenvalue weighted by atomic mass is 35.5. The molecule has 1 aromatic carbocycles. The van der Waals surface area contributed by atoms with E-state index in [4.69, 9.17) is 17.3 Å². The van der Waals surface area contributed by atoms with E-state index < -0.39 is 10.0 Å². The van der Waals surface area contributed by atoms with Crippen LogP contribution in [0.25, 0.3) is 0 Å². The van der Waals surface area contributed by atoms with E-state index in [9.17, 15) is 8.42 Å². The van der Waals surface area contributed by atoms with Crippen LogP contribution in [0.15, 0.2) is 18.2 Å². The lowest BCUT2D eigenvalue weighted by Gasteiger charge is -2.09. The van der Waals surface area contributed by atoms with Crippen LogP contribution in [0.1, 0.15) is 13.3 Å². The van der Waals surface area contributed by atoms with Crippen LogP contribution in [0.3, 0.4) is 0 Å². The number of nitrogens with one attached hydrogen (secondary N) is 1. The van der Waals surface area contributed by atoms with Gasteiger partial charge in [-0.2, -0.15) is 0 Å². The molecule has 0 fully saturated rings. The minimum absolute atomic E-state index is 0.0676. The van der Waals surface area contributed by atoms with Gasteiger partial charge in [0.2, 0.25) is 10.0 Å². The van der Waals surface area contributed by atoms with Crippen LogP contribution in [0.2, 0.25) is 5.02 Å². The predicted octanol–water partition coefficient (Wildman–Crippen LogP) is 2.07. The van der Waals surface area contributed by atoms with E-state index in [1.54, 1.807) is 19.1 Å². The topological polar surface area (TPSA) is 72.2 Å². The summed E-state index contributed by atoms with van der Waals surface area (Å²) >= 11 is 5.82. The quantitative estimate of drug-likeness (QED) is 0.802. The highest BCUT2D eigenvalue weighted by Gasteiger charge is 2.11. The summed E-state index contributed by atoms with van der Waals surface area (Å²) in [5.74, 6) is 0.0676. The van der Waals surface area contributed by atoms with Crippen LogP contribution in [-0.4, -0.2) is 14.2 Å². The molecule has 3 N–H and O–H groups in total. The second-order valence-electron chi connectivity index (χ2n) is 3.16. The molecule has 0 amide bonds. The lowest BCUT2D eigenvalue weighted by atomic mass is 10.3. The molecule has 0 aromatic heterocycles. The monoisotopic (exact) mass is 248 g/mol. The Morgan fingerprint density at radius 2 is 2.13 bits per heavy atom. The van der Waals surface area contributed by atoms with Crippen LogP contribution >= 0.6 is 11.6 Å². The smallest absolute Gasteiger partial charge is 0.232 e. The standard InChI is InChI=1S/C9H13ClN2O2S/c1-2-5-15(13,14)12-9-6-7(11)3-4-8(9)10/h3-4,6,12H,2,5,11H2,1H3. The fraction of sp³-hybridized carbons (Fsp3) is 0.333. The van der Waals surface area contributed by atoms with Crippen molar-refractivity contribution in [1.29, 1.82) is 0 Å². The number of hydrogen-bond donors (Lipinski definition) is 2. The Morgan fingerprint density at radius 1 is 1.47 bits per heavy atom. The molecule has 6 heteroatoms. The molecular formula is C9H13ClN2O2S. The van der Waals surface area contributed by atoms with E-state index in [-0.39, 0.29) is 5.75 Å². The van der Waals surface area contributed by atoms with E-state index in [1.165, 1.54) is 6.07 Å². The molecule has 0 atom stereocenters. The van der Waals surface area contributed by atoms with Crippen LogP contribution < -0.4 is 10.5 Å². The lowest BCUT2D eigenvalue weighted by Crippen LogP contribution is -2.16. The van der Waals surface area contributed by atoms with E-state index in [0.717, 1.165) is 0 Å². The maximum absolute atomic E-state index is 11.5. The number of hydrogen-bond acceptors (Lipinski definition) is 3. The van der Waals surface area contributed by atoms with E-state index in [1.807, 2.05) is 0 Å². The van der Waals surface area contributed by atoms with Gasteiger partial charge in [-0.25, -0.2) is 8.42 Å². The molecule has 1 aromatic rings. The van der Waals surface area contributed by atoms with Crippen LogP contribution in [-0.2, 0) is 10.0 Å². The minimum Gasteiger partial charge on any atom is -0.399 e. The first kappa shape index (κ1) is 12.1. The molecule has 0 aliphatic heterocycles. The number of nitrogens with two attached hydrogens (primary N) is 1. The van der Waals surface area contributed by atoms with Crippen molar-refractivity contribution in [2.24, 2.45) is 0 Å². The number of rotatable bonds is 4. The molecule has 0 saturated carbocycles. The summed E-state index contributed by atoms with van der Waals surface area (Å²) in [5, 5.41) is 0.337. The van der Waals surface area contributed by atoms with Crippen molar-refractivity contribution in [3.63, 3.8) is 0 Å². The zero-order valence-corrected chi connectivity index (χ0v) is 9.90. The molecule has 0 heterocycles. The van der Waals surface area contributed by atoms with Crippen LogP contribution in [0.4, 0.5) is 11.4 Å². The van der Waals surface area contributed by atoms with Crippen molar-refractivity contribution in [3.05, 3.63) is 23.2 Å². The summed E-state index contributed by atoms with van der Waals surface area (Å²) in [5.41, 5.74) is 6.32. The number of nitrogen functional groups attached to an aromatic ring is 1. The van der Waals surface area contributed by atoms with Gasteiger partial charge in [0.05, 0.1) is 16.5 Å². The Bertz CT molecular complexity index is 445. The third-order valence-corrected chi connectivity index (χ3v) is 3.53. The first-order valence-corrected chi connectivity index (χ1v) is 6.53. The van der Waals surface area contributed by atoms with Gasteiger partial charge in [0, 0.05) is 5.69 Å². The fourth-order valence-corrected chi connectivity index (χ4v) is 2.47. The first-order valence-electron chi connectivity index (χ1n) is 4.50. The zero-order valence-electron chi connectivity index (χ0n) is 8.33. The predicted molar refractivity (Wildman–Crippen MR) is 63.6 cm³/mol. The number of sulfonamides is 1. The van der Waals surface area contributed by atoms with Crippen LogP contribution in [0, 0.1) is 0 Å². The van der Waals surface area contributed by atoms with E-state index in [2.05, 4.69) is 4.72 Å². The molecule has 0 unspecified atom stereocenters. The van der Waals surface area contributed by atoms with Gasteiger partial charge in [0.1, 0.15) is 0 Å². The number of anilines is 2. The lowest BCUT2D eigenvalue weighted by molar-refractivity contribution is 0.600. The largest absolute Gasteiger partial charge is 0.399 e. The second-order valence-corrected chi connectivity index (χ2v) is 5.41. The molecule has 0 spiro atoms. The van der Waals surface area contributed by atoms with Gasteiger partial charge < -0.3 is 5.73 Å². The highest BCUT2D eigenvalue weighted by molar-refractivity contribution is 7.92. The van der Waals surface area contributed by atoms with Gasteiger partial charge in [-0.1, -0.05) is 18.5 Å². The fourth-order valence-electron chi connectivity index (χ4n) is 1.11. The Hall–Kier alpha value is -0.940. The number of halogens is 1.